The molecule has 0 radical (unpaired) electrons. The van der Waals surface area contributed by atoms with Crippen molar-refractivity contribution in [3.05, 3.63) is 0 Å². The predicted octanol–water partition coefficient (Wildman–Crippen LogP) is 1.01. The van der Waals surface area contributed by atoms with E-state index in [-0.39, 0.29) is 62.3 Å². The SMILES string of the molecule is CCC[SH](CC)C(N)=S.[KH]. The molecule has 10 heavy (non-hydrogen) atoms. The van der Waals surface area contributed by atoms with Crippen molar-refractivity contribution in [2.24, 2.45) is 5.73 Å². The second-order valence-corrected chi connectivity index (χ2v) is 5.30. The van der Waals surface area contributed by atoms with Crippen molar-refractivity contribution < 1.29 is 0 Å². The fourth-order valence-corrected chi connectivity index (χ4v) is 2.74. The molecule has 0 rings (SSSR count). The maximum atomic E-state index is 5.49. The Kier molecular flexibility index (Phi) is 12.9. The molecule has 0 bridgehead atoms. The first-order chi connectivity index (χ1) is 4.22. The predicted molar refractivity (Wildman–Crippen MR) is 58.6 cm³/mol. The van der Waals surface area contributed by atoms with Gasteiger partial charge in [-0.1, -0.05) is 26.1 Å². The van der Waals surface area contributed by atoms with Crippen LogP contribution in [-0.4, -0.2) is 67.2 Å². The van der Waals surface area contributed by atoms with Crippen LogP contribution in [0.25, 0.3) is 0 Å². The molecule has 0 aromatic heterocycles. The Morgan fingerprint density at radius 2 is 2.00 bits per heavy atom. The molecule has 1 nitrogen and oxygen atoms in total. The normalized spacial score (nSPS) is 13.6. The monoisotopic (exact) mass is 205 g/mol. The van der Waals surface area contributed by atoms with Crippen LogP contribution in [0.3, 0.4) is 0 Å². The van der Waals surface area contributed by atoms with Crippen LogP contribution >= 0.6 is 23.1 Å². The summed E-state index contributed by atoms with van der Waals surface area (Å²) < 4.78 is 0.745. The molecule has 0 aromatic carbocycles. The molecular weight excluding hydrogens is 189 g/mol. The first-order valence-corrected chi connectivity index (χ1v) is 5.38. The fourth-order valence-electron chi connectivity index (χ4n) is 0.694. The van der Waals surface area contributed by atoms with Gasteiger partial charge in [-0.25, -0.2) is 10.9 Å². The van der Waals surface area contributed by atoms with E-state index in [2.05, 4.69) is 13.8 Å². The Hall–Kier alpha value is 1.88. The van der Waals surface area contributed by atoms with Crippen molar-refractivity contribution in [1.29, 1.82) is 0 Å². The molecule has 4 heteroatoms. The topological polar surface area (TPSA) is 26.0 Å². The summed E-state index contributed by atoms with van der Waals surface area (Å²) in [5.41, 5.74) is 5.49. The molecule has 0 spiro atoms. The van der Waals surface area contributed by atoms with Crippen LogP contribution < -0.4 is 5.73 Å². The standard InChI is InChI=1S/C6H15NS2.K.H/c1-3-5-9(4-2)6(7)8;;/h9H,3-5H2,1-2H3,(H2,7,8);;. The van der Waals surface area contributed by atoms with Crippen molar-refractivity contribution in [1.82, 2.24) is 0 Å². The van der Waals surface area contributed by atoms with E-state index in [1.807, 2.05) is 0 Å². The van der Waals surface area contributed by atoms with E-state index in [1.165, 1.54) is 12.2 Å². The van der Waals surface area contributed by atoms with E-state index in [9.17, 15) is 0 Å². The van der Waals surface area contributed by atoms with Crippen molar-refractivity contribution in [3.8, 4) is 0 Å². The second kappa shape index (κ2) is 8.97. The van der Waals surface area contributed by atoms with E-state index in [0.29, 0.717) is 0 Å². The summed E-state index contributed by atoms with van der Waals surface area (Å²) in [7, 11) is -0.108. The zero-order valence-electron chi connectivity index (χ0n) is 6.05. The van der Waals surface area contributed by atoms with Gasteiger partial charge in [-0.2, -0.15) is 0 Å². The van der Waals surface area contributed by atoms with E-state index < -0.39 is 0 Å². The summed E-state index contributed by atoms with van der Waals surface area (Å²) in [5.74, 6) is 2.36. The van der Waals surface area contributed by atoms with Gasteiger partial charge in [-0.15, -0.1) is 0 Å². The third-order valence-electron chi connectivity index (χ3n) is 1.19. The molecule has 2 N–H and O–H groups in total. The minimum atomic E-state index is -0.108. The molecule has 0 aliphatic heterocycles. The molecule has 58 valence electrons. The number of hydrogen-bond donors (Lipinski definition) is 2. The number of thiocarbonyl (C=S) groups is 1. The summed E-state index contributed by atoms with van der Waals surface area (Å²) >= 11 is 4.89. The van der Waals surface area contributed by atoms with Crippen LogP contribution in [0.5, 0.6) is 0 Å². The molecule has 0 aliphatic carbocycles. The Balaban J connectivity index is 0. The summed E-state index contributed by atoms with van der Waals surface area (Å²) in [6, 6.07) is 0. The molecule has 0 saturated carbocycles. The molecule has 0 fully saturated rings. The summed E-state index contributed by atoms with van der Waals surface area (Å²) in [4.78, 5) is 0. The van der Waals surface area contributed by atoms with Gasteiger partial charge in [0, 0.05) is 0 Å². The Labute approximate surface area is 114 Å². The van der Waals surface area contributed by atoms with Gasteiger partial charge in [0.1, 0.15) is 4.32 Å². The summed E-state index contributed by atoms with van der Waals surface area (Å²) in [6.07, 6.45) is 1.21. The van der Waals surface area contributed by atoms with E-state index in [0.717, 1.165) is 10.1 Å². The average molecular weight is 205 g/mol. The van der Waals surface area contributed by atoms with Crippen molar-refractivity contribution in [2.45, 2.75) is 20.3 Å². The minimum absolute atomic E-state index is 0. The van der Waals surface area contributed by atoms with Crippen LogP contribution in [0.2, 0.25) is 0 Å². The molecule has 0 aliphatic rings. The van der Waals surface area contributed by atoms with E-state index in [4.69, 9.17) is 18.0 Å². The first-order valence-electron chi connectivity index (χ1n) is 3.26. The van der Waals surface area contributed by atoms with Gasteiger partial charge >= 0.3 is 51.4 Å². The Morgan fingerprint density at radius 1 is 1.50 bits per heavy atom. The van der Waals surface area contributed by atoms with Gasteiger partial charge in [0.15, 0.2) is 0 Å². The maximum absolute atomic E-state index is 5.49. The molecular formula is C6H16KNS2. The molecule has 1 atom stereocenters. The van der Waals surface area contributed by atoms with E-state index in [1.54, 1.807) is 0 Å². The van der Waals surface area contributed by atoms with E-state index >= 15 is 0 Å². The van der Waals surface area contributed by atoms with Crippen molar-refractivity contribution >= 4 is 78.8 Å². The van der Waals surface area contributed by atoms with Crippen LogP contribution in [0.1, 0.15) is 20.3 Å². The first kappa shape index (κ1) is 14.4. The van der Waals surface area contributed by atoms with Gasteiger partial charge in [0.25, 0.3) is 0 Å². The van der Waals surface area contributed by atoms with Crippen LogP contribution in [-0.2, 0) is 0 Å². The molecule has 0 saturated heterocycles. The fraction of sp³-hybridized carbons (Fsp3) is 0.833. The van der Waals surface area contributed by atoms with Gasteiger partial charge in [-0.3, -0.25) is 0 Å². The molecule has 0 heterocycles. The average Bonchev–Trinajstić information content (AvgIpc) is 1.82. The molecule has 0 amide bonds. The number of hydrogen-bond acceptors (Lipinski definition) is 1. The van der Waals surface area contributed by atoms with Crippen LogP contribution in [0, 0.1) is 0 Å². The van der Waals surface area contributed by atoms with Crippen LogP contribution in [0.15, 0.2) is 0 Å². The number of rotatable bonds is 3. The zero-order valence-corrected chi connectivity index (χ0v) is 7.77. The van der Waals surface area contributed by atoms with Gasteiger partial charge < -0.3 is 5.73 Å². The molecule has 0 aromatic rings. The van der Waals surface area contributed by atoms with Crippen molar-refractivity contribution in [3.63, 3.8) is 0 Å². The molecule has 1 unspecified atom stereocenters. The zero-order chi connectivity index (χ0) is 7.28. The van der Waals surface area contributed by atoms with Crippen LogP contribution in [0.4, 0.5) is 0 Å². The van der Waals surface area contributed by atoms with Gasteiger partial charge in [0.05, 0.1) is 0 Å². The van der Waals surface area contributed by atoms with Gasteiger partial charge in [-0.05, 0) is 17.9 Å². The number of nitrogens with two attached hydrogens (primary N) is 1. The summed E-state index contributed by atoms with van der Waals surface area (Å²) in [5, 5.41) is 0. The number of thiol groups is 1. The summed E-state index contributed by atoms with van der Waals surface area (Å²) in [6.45, 7) is 4.32. The third kappa shape index (κ3) is 6.58. The Morgan fingerprint density at radius 3 is 2.10 bits per heavy atom. The second-order valence-electron chi connectivity index (χ2n) is 1.92. The Bertz CT molecular complexity index is 97.7. The van der Waals surface area contributed by atoms with Gasteiger partial charge in [0.2, 0.25) is 0 Å². The quantitative estimate of drug-likeness (QED) is 0.409. The third-order valence-corrected chi connectivity index (χ3v) is 4.34. The van der Waals surface area contributed by atoms with Crippen molar-refractivity contribution in [2.75, 3.05) is 11.5 Å².